The van der Waals surface area contributed by atoms with Crippen LogP contribution in [0.2, 0.25) is 0 Å². The quantitative estimate of drug-likeness (QED) is 0.607. The Kier molecular flexibility index (Phi) is 6.06. The number of amides is 1. The summed E-state index contributed by atoms with van der Waals surface area (Å²) in [5, 5.41) is 6.39. The molecule has 0 saturated heterocycles. The standard InChI is InChI=1S/C21H21N3O3S/c1-13-18(20(22-3)28-24-13)21(26)27-14(2)19(25)23-17-12-8-7-11-16(17)15-9-5-4-6-10-15/h4-12,14,22H,1-3H3,(H,23,25). The molecule has 1 heterocycles. The Balaban J connectivity index is 1.73. The molecule has 0 spiro atoms. The Morgan fingerprint density at radius 2 is 1.75 bits per heavy atom. The van der Waals surface area contributed by atoms with Crippen LogP contribution in [0.25, 0.3) is 11.1 Å². The van der Waals surface area contributed by atoms with Gasteiger partial charge in [0.05, 0.1) is 5.69 Å². The summed E-state index contributed by atoms with van der Waals surface area (Å²) in [6.45, 7) is 3.28. The van der Waals surface area contributed by atoms with Crippen molar-refractivity contribution in [3.63, 3.8) is 0 Å². The third kappa shape index (κ3) is 4.20. The minimum Gasteiger partial charge on any atom is -0.449 e. The molecule has 1 amide bonds. The van der Waals surface area contributed by atoms with Gasteiger partial charge in [0.25, 0.3) is 5.91 Å². The Morgan fingerprint density at radius 1 is 1.07 bits per heavy atom. The SMILES string of the molecule is CNc1snc(C)c1C(=O)OC(C)C(=O)Nc1ccccc1-c1ccccc1. The molecule has 1 aromatic heterocycles. The molecule has 2 aromatic carbocycles. The first-order chi connectivity index (χ1) is 13.5. The lowest BCUT2D eigenvalue weighted by Crippen LogP contribution is -2.30. The second-order valence-electron chi connectivity index (χ2n) is 6.17. The fraction of sp³-hybridized carbons (Fsp3) is 0.190. The molecule has 2 N–H and O–H groups in total. The van der Waals surface area contributed by atoms with Crippen molar-refractivity contribution in [3.05, 3.63) is 65.9 Å². The Morgan fingerprint density at radius 3 is 2.46 bits per heavy atom. The predicted octanol–water partition coefficient (Wildman–Crippen LogP) is 4.34. The number of anilines is 2. The van der Waals surface area contributed by atoms with Crippen molar-refractivity contribution >= 4 is 34.1 Å². The van der Waals surface area contributed by atoms with Gasteiger partial charge in [-0.3, -0.25) is 4.79 Å². The Labute approximate surface area is 167 Å². The van der Waals surface area contributed by atoms with E-state index in [1.165, 1.54) is 11.5 Å². The van der Waals surface area contributed by atoms with Crippen LogP contribution in [0.5, 0.6) is 0 Å². The van der Waals surface area contributed by atoms with Crippen LogP contribution in [0.15, 0.2) is 54.6 Å². The molecular formula is C21H21N3O3S. The molecule has 28 heavy (non-hydrogen) atoms. The van der Waals surface area contributed by atoms with Gasteiger partial charge in [-0.2, -0.15) is 4.37 Å². The van der Waals surface area contributed by atoms with Gasteiger partial charge in [-0.05, 0) is 37.0 Å². The van der Waals surface area contributed by atoms with E-state index in [0.717, 1.165) is 11.1 Å². The largest absolute Gasteiger partial charge is 0.449 e. The summed E-state index contributed by atoms with van der Waals surface area (Å²) >= 11 is 1.18. The number of carbonyl (C=O) groups is 2. The summed E-state index contributed by atoms with van der Waals surface area (Å²) in [5.74, 6) is -0.974. The minimum atomic E-state index is -0.958. The van der Waals surface area contributed by atoms with Crippen molar-refractivity contribution in [1.29, 1.82) is 0 Å². The lowest BCUT2D eigenvalue weighted by molar-refractivity contribution is -0.123. The molecule has 0 aliphatic heterocycles. The summed E-state index contributed by atoms with van der Waals surface area (Å²) in [5.41, 5.74) is 3.47. The number of carbonyl (C=O) groups excluding carboxylic acids is 2. The maximum Gasteiger partial charge on any atom is 0.343 e. The molecule has 144 valence electrons. The third-order valence-electron chi connectivity index (χ3n) is 4.22. The van der Waals surface area contributed by atoms with Crippen LogP contribution in [0.4, 0.5) is 10.7 Å². The first-order valence-corrected chi connectivity index (χ1v) is 9.59. The van der Waals surface area contributed by atoms with Crippen LogP contribution < -0.4 is 10.6 Å². The van der Waals surface area contributed by atoms with Gasteiger partial charge in [0.2, 0.25) is 0 Å². The molecule has 7 heteroatoms. The normalized spacial score (nSPS) is 11.5. The molecule has 1 atom stereocenters. The molecule has 0 aliphatic rings. The number of benzene rings is 2. The van der Waals surface area contributed by atoms with Gasteiger partial charge in [0, 0.05) is 18.3 Å². The summed E-state index contributed by atoms with van der Waals surface area (Å²) in [4.78, 5) is 25.1. The molecule has 0 fully saturated rings. The van der Waals surface area contributed by atoms with Gasteiger partial charge in [0.15, 0.2) is 6.10 Å². The van der Waals surface area contributed by atoms with Gasteiger partial charge >= 0.3 is 5.97 Å². The number of nitrogens with zero attached hydrogens (tertiary/aromatic N) is 1. The number of aryl methyl sites for hydroxylation is 1. The molecule has 3 aromatic rings. The lowest BCUT2D eigenvalue weighted by Gasteiger charge is -2.16. The van der Waals surface area contributed by atoms with Crippen LogP contribution in [0.3, 0.4) is 0 Å². The molecule has 0 aliphatic carbocycles. The Hall–Kier alpha value is -3.19. The number of ether oxygens (including phenoxy) is 1. The van der Waals surface area contributed by atoms with E-state index in [4.69, 9.17) is 4.74 Å². The van der Waals surface area contributed by atoms with Gasteiger partial charge in [-0.15, -0.1) is 0 Å². The van der Waals surface area contributed by atoms with Gasteiger partial charge in [-0.1, -0.05) is 48.5 Å². The number of rotatable bonds is 6. The first-order valence-electron chi connectivity index (χ1n) is 8.81. The molecule has 0 radical (unpaired) electrons. The van der Waals surface area contributed by atoms with Crippen LogP contribution in [-0.2, 0) is 9.53 Å². The fourth-order valence-electron chi connectivity index (χ4n) is 2.75. The van der Waals surface area contributed by atoms with Crippen molar-refractivity contribution in [3.8, 4) is 11.1 Å². The maximum atomic E-state index is 12.6. The lowest BCUT2D eigenvalue weighted by atomic mass is 10.0. The van der Waals surface area contributed by atoms with Gasteiger partial charge < -0.3 is 15.4 Å². The number of hydrogen-bond donors (Lipinski definition) is 2. The highest BCUT2D eigenvalue weighted by atomic mass is 32.1. The average molecular weight is 395 g/mol. The fourth-order valence-corrected chi connectivity index (χ4v) is 3.48. The molecule has 3 rings (SSSR count). The van der Waals surface area contributed by atoms with Gasteiger partial charge in [-0.25, -0.2) is 4.79 Å². The molecule has 1 unspecified atom stereocenters. The van der Waals surface area contributed by atoms with E-state index in [1.807, 2.05) is 54.6 Å². The molecule has 0 bridgehead atoms. The second kappa shape index (κ2) is 8.67. The van der Waals surface area contributed by atoms with Crippen molar-refractivity contribution in [2.75, 3.05) is 17.7 Å². The Bertz CT molecular complexity index is 986. The van der Waals surface area contributed by atoms with E-state index in [1.54, 1.807) is 20.9 Å². The average Bonchev–Trinajstić information content (AvgIpc) is 3.09. The van der Waals surface area contributed by atoms with Crippen molar-refractivity contribution in [1.82, 2.24) is 4.37 Å². The summed E-state index contributed by atoms with van der Waals surface area (Å²) in [7, 11) is 1.71. The number of para-hydroxylation sites is 1. The zero-order chi connectivity index (χ0) is 20.1. The molecule has 6 nitrogen and oxygen atoms in total. The maximum absolute atomic E-state index is 12.6. The number of nitrogens with one attached hydrogen (secondary N) is 2. The number of esters is 1. The van der Waals surface area contributed by atoms with Crippen molar-refractivity contribution in [2.24, 2.45) is 0 Å². The summed E-state index contributed by atoms with van der Waals surface area (Å²) in [6, 6.07) is 17.3. The first kappa shape index (κ1) is 19.6. The van der Waals surface area contributed by atoms with Crippen LogP contribution in [0, 0.1) is 6.92 Å². The molecular weight excluding hydrogens is 374 g/mol. The van der Waals surface area contributed by atoms with Crippen LogP contribution in [-0.4, -0.2) is 29.4 Å². The second-order valence-corrected chi connectivity index (χ2v) is 6.94. The van der Waals surface area contributed by atoms with E-state index in [9.17, 15) is 9.59 Å². The highest BCUT2D eigenvalue weighted by molar-refractivity contribution is 7.10. The zero-order valence-corrected chi connectivity index (χ0v) is 16.7. The van der Waals surface area contributed by atoms with Crippen LogP contribution >= 0.6 is 11.5 Å². The molecule has 0 saturated carbocycles. The van der Waals surface area contributed by atoms with Crippen molar-refractivity contribution in [2.45, 2.75) is 20.0 Å². The predicted molar refractivity (Wildman–Crippen MR) is 112 cm³/mol. The van der Waals surface area contributed by atoms with E-state index in [-0.39, 0.29) is 0 Å². The highest BCUT2D eigenvalue weighted by Gasteiger charge is 2.24. The zero-order valence-electron chi connectivity index (χ0n) is 15.9. The highest BCUT2D eigenvalue weighted by Crippen LogP contribution is 2.28. The minimum absolute atomic E-state index is 0.358. The van der Waals surface area contributed by atoms with E-state index in [2.05, 4.69) is 15.0 Å². The van der Waals surface area contributed by atoms with E-state index >= 15 is 0 Å². The number of hydrogen-bond acceptors (Lipinski definition) is 6. The summed E-state index contributed by atoms with van der Waals surface area (Å²) < 4.78 is 9.52. The van der Waals surface area contributed by atoms with Crippen molar-refractivity contribution < 1.29 is 14.3 Å². The smallest absolute Gasteiger partial charge is 0.343 e. The topological polar surface area (TPSA) is 80.3 Å². The van der Waals surface area contributed by atoms with E-state index < -0.39 is 18.0 Å². The number of aromatic nitrogens is 1. The third-order valence-corrected chi connectivity index (χ3v) is 5.17. The summed E-state index contributed by atoms with van der Waals surface area (Å²) in [6.07, 6.45) is -0.958. The van der Waals surface area contributed by atoms with Gasteiger partial charge in [0.1, 0.15) is 10.6 Å². The monoisotopic (exact) mass is 395 g/mol. The van der Waals surface area contributed by atoms with E-state index in [0.29, 0.717) is 21.9 Å². The van der Waals surface area contributed by atoms with Crippen LogP contribution in [0.1, 0.15) is 23.0 Å².